The van der Waals surface area contributed by atoms with E-state index < -0.39 is 12.1 Å². The van der Waals surface area contributed by atoms with Crippen molar-refractivity contribution in [3.8, 4) is 0 Å². The van der Waals surface area contributed by atoms with Gasteiger partial charge in [-0.25, -0.2) is 4.79 Å². The molecule has 2 fully saturated rings. The number of ether oxygens (including phenoxy) is 1. The third kappa shape index (κ3) is 7.11. The molecule has 1 aliphatic carbocycles. The van der Waals surface area contributed by atoms with E-state index in [9.17, 15) is 32.7 Å². The van der Waals surface area contributed by atoms with Crippen LogP contribution in [-0.2, 0) is 14.3 Å². The topological polar surface area (TPSA) is 99.2 Å². The van der Waals surface area contributed by atoms with E-state index in [2.05, 4.69) is 5.32 Å². The summed E-state index contributed by atoms with van der Waals surface area (Å²) in [6, 6.07) is 6.73. The highest BCUT2D eigenvalue weighted by Crippen LogP contribution is 2.32. The van der Waals surface area contributed by atoms with E-state index in [0.717, 1.165) is 10.5 Å². The summed E-state index contributed by atoms with van der Waals surface area (Å²) in [6.07, 6.45) is -1.44. The fraction of sp³-hybridized carbons (Fsp3) is 0.640. The molecule has 1 aromatic rings. The number of likely N-dealkylation sites (tertiary alicyclic amines) is 1. The SMILES string of the molecule is CCOC(=O)C1CCC(N(CCO)C(=O)Nc2ccc(C3CCN(C(=O)C(F)(F)F)CC3)cc2)CC1. The van der Waals surface area contributed by atoms with Crippen molar-refractivity contribution >= 4 is 23.6 Å². The second-order valence-corrected chi connectivity index (χ2v) is 9.29. The second kappa shape index (κ2) is 12.4. The first-order chi connectivity index (χ1) is 17.1. The Kier molecular flexibility index (Phi) is 9.58. The van der Waals surface area contributed by atoms with E-state index in [0.29, 0.717) is 50.8 Å². The van der Waals surface area contributed by atoms with Gasteiger partial charge in [-0.1, -0.05) is 12.1 Å². The minimum Gasteiger partial charge on any atom is -0.466 e. The van der Waals surface area contributed by atoms with Gasteiger partial charge in [-0.15, -0.1) is 0 Å². The number of urea groups is 1. The number of piperidine rings is 1. The molecule has 36 heavy (non-hydrogen) atoms. The van der Waals surface area contributed by atoms with Crippen LogP contribution in [0.4, 0.5) is 23.7 Å². The third-order valence-corrected chi connectivity index (χ3v) is 7.02. The number of hydrogen-bond acceptors (Lipinski definition) is 5. The minimum absolute atomic E-state index is 0.0347. The van der Waals surface area contributed by atoms with Crippen LogP contribution in [0.5, 0.6) is 0 Å². The number of hydrogen-bond donors (Lipinski definition) is 2. The number of carbonyl (C=O) groups is 3. The number of nitrogens with one attached hydrogen (secondary N) is 1. The molecule has 0 atom stereocenters. The Bertz CT molecular complexity index is 893. The van der Waals surface area contributed by atoms with Crippen LogP contribution in [-0.4, -0.2) is 77.9 Å². The average molecular weight is 514 g/mol. The number of alkyl halides is 3. The number of amides is 3. The van der Waals surface area contributed by atoms with Gasteiger partial charge in [0.05, 0.1) is 19.1 Å². The number of rotatable bonds is 7. The lowest BCUT2D eigenvalue weighted by Gasteiger charge is -2.36. The normalized spacial score (nSPS) is 21.1. The van der Waals surface area contributed by atoms with E-state index >= 15 is 0 Å². The van der Waals surface area contributed by atoms with Crippen LogP contribution in [0.1, 0.15) is 56.9 Å². The fourth-order valence-corrected chi connectivity index (χ4v) is 5.07. The van der Waals surface area contributed by atoms with Crippen molar-refractivity contribution in [2.45, 2.75) is 63.6 Å². The molecule has 1 heterocycles. The number of anilines is 1. The van der Waals surface area contributed by atoms with E-state index in [1.807, 2.05) is 12.1 Å². The highest BCUT2D eigenvalue weighted by atomic mass is 19.4. The van der Waals surface area contributed by atoms with E-state index in [1.54, 1.807) is 24.0 Å². The Balaban J connectivity index is 1.53. The van der Waals surface area contributed by atoms with Crippen LogP contribution >= 0.6 is 0 Å². The summed E-state index contributed by atoms with van der Waals surface area (Å²) in [5, 5.41) is 12.3. The molecule has 2 N–H and O–H groups in total. The molecule has 0 aromatic heterocycles. The standard InChI is InChI=1S/C25H34F3N3O5/c1-2-36-22(33)19-5-9-21(10-6-19)31(15-16-32)24(35)29-20-7-3-17(4-8-20)18-11-13-30(14-12-18)23(34)25(26,27)28/h3-4,7-8,18-19,21,32H,2,5-6,9-16H2,1H3,(H,29,35). The monoisotopic (exact) mass is 513 g/mol. The van der Waals surface area contributed by atoms with Crippen molar-refractivity contribution in [1.82, 2.24) is 9.80 Å². The highest BCUT2D eigenvalue weighted by Gasteiger charge is 2.43. The van der Waals surface area contributed by atoms with Gasteiger partial charge in [0.1, 0.15) is 0 Å². The first kappa shape index (κ1) is 27.8. The number of halogens is 3. The van der Waals surface area contributed by atoms with Crippen LogP contribution in [0.15, 0.2) is 24.3 Å². The summed E-state index contributed by atoms with van der Waals surface area (Å²) in [4.78, 5) is 38.8. The van der Waals surface area contributed by atoms with Gasteiger partial charge in [-0.2, -0.15) is 13.2 Å². The number of aliphatic hydroxyl groups excluding tert-OH is 1. The van der Waals surface area contributed by atoms with Crippen molar-refractivity contribution in [3.63, 3.8) is 0 Å². The van der Waals surface area contributed by atoms with Gasteiger partial charge in [0.15, 0.2) is 0 Å². The molecule has 0 radical (unpaired) electrons. The predicted octanol–water partition coefficient (Wildman–Crippen LogP) is 3.90. The Hall–Kier alpha value is -2.82. The number of aliphatic hydroxyl groups is 1. The van der Waals surface area contributed by atoms with E-state index in [4.69, 9.17) is 4.74 Å². The Morgan fingerprint density at radius 3 is 2.19 bits per heavy atom. The summed E-state index contributed by atoms with van der Waals surface area (Å²) in [5.41, 5.74) is 1.51. The number of benzene rings is 1. The lowest BCUT2D eigenvalue weighted by atomic mass is 9.85. The van der Waals surface area contributed by atoms with Gasteiger partial charge in [0, 0.05) is 31.4 Å². The van der Waals surface area contributed by atoms with Crippen molar-refractivity contribution in [3.05, 3.63) is 29.8 Å². The molecule has 0 spiro atoms. The molecule has 8 nitrogen and oxygen atoms in total. The zero-order chi connectivity index (χ0) is 26.3. The molecule has 0 bridgehead atoms. The predicted molar refractivity (Wildman–Crippen MR) is 126 cm³/mol. The lowest BCUT2D eigenvalue weighted by molar-refractivity contribution is -0.186. The number of nitrogens with zero attached hydrogens (tertiary/aromatic N) is 2. The van der Waals surface area contributed by atoms with Crippen LogP contribution in [0.3, 0.4) is 0 Å². The van der Waals surface area contributed by atoms with Gasteiger partial charge in [0.25, 0.3) is 0 Å². The quantitative estimate of drug-likeness (QED) is 0.539. The lowest BCUT2D eigenvalue weighted by Crippen LogP contribution is -2.46. The van der Waals surface area contributed by atoms with Gasteiger partial charge in [-0.3, -0.25) is 9.59 Å². The highest BCUT2D eigenvalue weighted by molar-refractivity contribution is 5.89. The molecular formula is C25H34F3N3O5. The number of esters is 1. The van der Waals surface area contributed by atoms with Crippen molar-refractivity contribution in [1.29, 1.82) is 0 Å². The van der Waals surface area contributed by atoms with E-state index in [1.165, 1.54) is 0 Å². The van der Waals surface area contributed by atoms with Crippen molar-refractivity contribution in [2.24, 2.45) is 5.92 Å². The largest absolute Gasteiger partial charge is 0.471 e. The zero-order valence-electron chi connectivity index (χ0n) is 20.4. The van der Waals surface area contributed by atoms with Crippen LogP contribution in [0.25, 0.3) is 0 Å². The maximum atomic E-state index is 13.0. The molecule has 1 saturated heterocycles. The second-order valence-electron chi connectivity index (χ2n) is 9.29. The van der Waals surface area contributed by atoms with Gasteiger partial charge in [-0.05, 0) is 69.1 Å². The third-order valence-electron chi connectivity index (χ3n) is 7.02. The zero-order valence-corrected chi connectivity index (χ0v) is 20.4. The molecule has 3 amide bonds. The molecule has 3 rings (SSSR count). The molecule has 0 unspecified atom stereocenters. The Morgan fingerprint density at radius 2 is 1.67 bits per heavy atom. The molecule has 1 aromatic carbocycles. The number of carbonyl (C=O) groups excluding carboxylic acids is 3. The van der Waals surface area contributed by atoms with Crippen LogP contribution in [0.2, 0.25) is 0 Å². The van der Waals surface area contributed by atoms with Crippen LogP contribution < -0.4 is 5.32 Å². The maximum absolute atomic E-state index is 13.0. The van der Waals surface area contributed by atoms with Gasteiger partial charge in [0.2, 0.25) is 0 Å². The molecule has 2 aliphatic rings. The van der Waals surface area contributed by atoms with Crippen LogP contribution in [0, 0.1) is 5.92 Å². The van der Waals surface area contributed by atoms with Gasteiger partial charge < -0.3 is 25.0 Å². The summed E-state index contributed by atoms with van der Waals surface area (Å²) >= 11 is 0. The minimum atomic E-state index is -4.85. The van der Waals surface area contributed by atoms with Crippen molar-refractivity contribution in [2.75, 3.05) is 38.2 Å². The molecule has 1 aliphatic heterocycles. The Labute approximate surface area is 208 Å². The summed E-state index contributed by atoms with van der Waals surface area (Å²) in [5.74, 6) is -2.12. The molecule has 200 valence electrons. The fourth-order valence-electron chi connectivity index (χ4n) is 5.07. The molecular weight excluding hydrogens is 479 g/mol. The first-order valence-corrected chi connectivity index (χ1v) is 12.4. The average Bonchev–Trinajstić information content (AvgIpc) is 2.87. The van der Waals surface area contributed by atoms with Gasteiger partial charge >= 0.3 is 24.1 Å². The first-order valence-electron chi connectivity index (χ1n) is 12.4. The van der Waals surface area contributed by atoms with E-state index in [-0.39, 0.29) is 56.1 Å². The summed E-state index contributed by atoms with van der Waals surface area (Å²) in [7, 11) is 0. The summed E-state index contributed by atoms with van der Waals surface area (Å²) in [6.45, 7) is 2.21. The van der Waals surface area contributed by atoms with Crippen molar-refractivity contribution < 1.29 is 37.4 Å². The smallest absolute Gasteiger partial charge is 0.466 e. The summed E-state index contributed by atoms with van der Waals surface area (Å²) < 4.78 is 43.0. The Morgan fingerprint density at radius 1 is 1.06 bits per heavy atom. The molecule has 11 heteroatoms. The molecule has 1 saturated carbocycles. The maximum Gasteiger partial charge on any atom is 0.471 e.